The van der Waals surface area contributed by atoms with Crippen molar-refractivity contribution in [3.8, 4) is 17.4 Å². The highest BCUT2D eigenvalue weighted by Crippen LogP contribution is 2.21. The van der Waals surface area contributed by atoms with E-state index in [-0.39, 0.29) is 5.91 Å². The van der Waals surface area contributed by atoms with Crippen molar-refractivity contribution in [1.29, 1.82) is 0 Å². The Morgan fingerprint density at radius 3 is 2.45 bits per heavy atom. The van der Waals surface area contributed by atoms with Gasteiger partial charge < -0.3 is 14.8 Å². The summed E-state index contributed by atoms with van der Waals surface area (Å²) in [5, 5.41) is 2.79. The summed E-state index contributed by atoms with van der Waals surface area (Å²) in [6.45, 7) is 2.22. The third-order valence-corrected chi connectivity index (χ3v) is 3.11. The van der Waals surface area contributed by atoms with Gasteiger partial charge in [0.25, 0.3) is 0 Å². The SMILES string of the molecule is COc1ccc(Oc2ccc(CCCNC(C)=O)cc2)nc1. The summed E-state index contributed by atoms with van der Waals surface area (Å²) in [5.74, 6) is 1.97. The van der Waals surface area contributed by atoms with Crippen molar-refractivity contribution in [2.75, 3.05) is 13.7 Å². The summed E-state index contributed by atoms with van der Waals surface area (Å²) in [4.78, 5) is 14.9. The molecule has 2 rings (SSSR count). The summed E-state index contributed by atoms with van der Waals surface area (Å²) in [5.41, 5.74) is 1.21. The van der Waals surface area contributed by atoms with Crippen molar-refractivity contribution in [2.45, 2.75) is 19.8 Å². The number of methoxy groups -OCH3 is 1. The van der Waals surface area contributed by atoms with E-state index < -0.39 is 0 Å². The fraction of sp³-hybridized carbons (Fsp3) is 0.294. The smallest absolute Gasteiger partial charge is 0.219 e. The molecule has 2 aromatic rings. The first-order chi connectivity index (χ1) is 10.7. The van der Waals surface area contributed by atoms with Crippen molar-refractivity contribution in [1.82, 2.24) is 10.3 Å². The van der Waals surface area contributed by atoms with Gasteiger partial charge in [-0.3, -0.25) is 4.79 Å². The lowest BCUT2D eigenvalue weighted by atomic mass is 10.1. The molecule has 1 amide bonds. The van der Waals surface area contributed by atoms with Crippen LogP contribution in [-0.2, 0) is 11.2 Å². The molecule has 0 unspecified atom stereocenters. The van der Waals surface area contributed by atoms with Gasteiger partial charge in [0, 0.05) is 19.5 Å². The van der Waals surface area contributed by atoms with Crippen molar-refractivity contribution in [3.05, 3.63) is 48.2 Å². The molecule has 1 heterocycles. The number of rotatable bonds is 7. The van der Waals surface area contributed by atoms with E-state index >= 15 is 0 Å². The zero-order chi connectivity index (χ0) is 15.8. The van der Waals surface area contributed by atoms with Crippen LogP contribution in [0.2, 0.25) is 0 Å². The van der Waals surface area contributed by atoms with E-state index in [1.807, 2.05) is 24.3 Å². The van der Waals surface area contributed by atoms with E-state index in [4.69, 9.17) is 9.47 Å². The normalized spacial score (nSPS) is 10.1. The van der Waals surface area contributed by atoms with Crippen molar-refractivity contribution in [2.24, 2.45) is 0 Å². The summed E-state index contributed by atoms with van der Waals surface area (Å²) in [6, 6.07) is 11.4. The summed E-state index contributed by atoms with van der Waals surface area (Å²) in [7, 11) is 1.60. The molecule has 116 valence electrons. The van der Waals surface area contributed by atoms with Crippen LogP contribution in [-0.4, -0.2) is 24.5 Å². The molecule has 1 N–H and O–H groups in total. The van der Waals surface area contributed by atoms with Crippen LogP contribution in [0.3, 0.4) is 0 Å². The van der Waals surface area contributed by atoms with Crippen molar-refractivity contribution < 1.29 is 14.3 Å². The third-order valence-electron chi connectivity index (χ3n) is 3.11. The highest BCUT2D eigenvalue weighted by Gasteiger charge is 2.00. The number of carbonyl (C=O) groups excluding carboxylic acids is 1. The number of nitrogens with zero attached hydrogens (tertiary/aromatic N) is 1. The zero-order valence-electron chi connectivity index (χ0n) is 12.8. The van der Waals surface area contributed by atoms with Crippen LogP contribution in [0, 0.1) is 0 Å². The quantitative estimate of drug-likeness (QED) is 0.799. The molecule has 0 aliphatic heterocycles. The fourth-order valence-corrected chi connectivity index (χ4v) is 1.95. The number of benzene rings is 1. The Hall–Kier alpha value is -2.56. The molecule has 22 heavy (non-hydrogen) atoms. The van der Waals surface area contributed by atoms with Crippen LogP contribution in [0.15, 0.2) is 42.6 Å². The Kier molecular flexibility index (Phi) is 5.77. The van der Waals surface area contributed by atoms with Crippen molar-refractivity contribution >= 4 is 5.91 Å². The van der Waals surface area contributed by atoms with Crippen LogP contribution >= 0.6 is 0 Å². The van der Waals surface area contributed by atoms with Gasteiger partial charge in [-0.1, -0.05) is 12.1 Å². The first-order valence-corrected chi connectivity index (χ1v) is 7.18. The topological polar surface area (TPSA) is 60.5 Å². The minimum Gasteiger partial charge on any atom is -0.495 e. The number of nitrogens with one attached hydrogen (secondary N) is 1. The summed E-state index contributed by atoms with van der Waals surface area (Å²) >= 11 is 0. The largest absolute Gasteiger partial charge is 0.495 e. The van der Waals surface area contributed by atoms with Gasteiger partial charge >= 0.3 is 0 Å². The number of hydrogen-bond donors (Lipinski definition) is 1. The highest BCUT2D eigenvalue weighted by atomic mass is 16.5. The van der Waals surface area contributed by atoms with Crippen LogP contribution in [0.5, 0.6) is 17.4 Å². The van der Waals surface area contributed by atoms with E-state index in [2.05, 4.69) is 10.3 Å². The van der Waals surface area contributed by atoms with E-state index in [0.29, 0.717) is 18.2 Å². The molecule has 0 saturated carbocycles. The van der Waals surface area contributed by atoms with E-state index in [1.54, 1.807) is 25.4 Å². The molecule has 1 aromatic heterocycles. The van der Waals surface area contributed by atoms with Gasteiger partial charge in [-0.05, 0) is 36.6 Å². The highest BCUT2D eigenvalue weighted by molar-refractivity contribution is 5.72. The standard InChI is InChI=1S/C17H20N2O3/c1-13(20)18-11-3-4-14-5-7-15(8-6-14)22-17-10-9-16(21-2)12-19-17/h5-10,12H,3-4,11H2,1-2H3,(H,18,20). The Morgan fingerprint density at radius 2 is 1.86 bits per heavy atom. The predicted octanol–water partition coefficient (Wildman–Crippen LogP) is 2.95. The van der Waals surface area contributed by atoms with E-state index in [0.717, 1.165) is 18.6 Å². The molecular weight excluding hydrogens is 280 g/mol. The Labute approximate surface area is 130 Å². The molecule has 0 atom stereocenters. The van der Waals surface area contributed by atoms with E-state index in [1.165, 1.54) is 12.5 Å². The summed E-state index contributed by atoms with van der Waals surface area (Å²) in [6.07, 6.45) is 3.45. The van der Waals surface area contributed by atoms with E-state index in [9.17, 15) is 4.79 Å². The van der Waals surface area contributed by atoms with Gasteiger partial charge in [0.15, 0.2) is 0 Å². The Bertz CT molecular complexity index is 594. The molecule has 0 spiro atoms. The van der Waals surface area contributed by atoms with Gasteiger partial charge in [-0.25, -0.2) is 4.98 Å². The molecule has 0 radical (unpaired) electrons. The van der Waals surface area contributed by atoms with Gasteiger partial charge in [0.1, 0.15) is 11.5 Å². The Balaban J connectivity index is 1.84. The number of hydrogen-bond acceptors (Lipinski definition) is 4. The molecular formula is C17H20N2O3. The number of amides is 1. The number of aromatic nitrogens is 1. The van der Waals surface area contributed by atoms with Gasteiger partial charge in [-0.15, -0.1) is 0 Å². The lowest BCUT2D eigenvalue weighted by molar-refractivity contribution is -0.118. The summed E-state index contributed by atoms with van der Waals surface area (Å²) < 4.78 is 10.7. The number of pyridine rings is 1. The molecule has 0 bridgehead atoms. The van der Waals surface area contributed by atoms with Gasteiger partial charge in [0.2, 0.25) is 11.8 Å². The second-order valence-corrected chi connectivity index (χ2v) is 4.87. The lowest BCUT2D eigenvalue weighted by Crippen LogP contribution is -2.21. The van der Waals surface area contributed by atoms with Gasteiger partial charge in [0.05, 0.1) is 13.3 Å². The molecule has 0 fully saturated rings. The number of ether oxygens (including phenoxy) is 2. The third kappa shape index (κ3) is 5.09. The first kappa shape index (κ1) is 15.8. The fourth-order valence-electron chi connectivity index (χ4n) is 1.95. The molecule has 5 nitrogen and oxygen atoms in total. The maximum absolute atomic E-state index is 10.8. The lowest BCUT2D eigenvalue weighted by Gasteiger charge is -2.07. The number of carbonyl (C=O) groups is 1. The average Bonchev–Trinajstić information content (AvgIpc) is 2.54. The molecule has 0 aliphatic rings. The molecule has 5 heteroatoms. The first-order valence-electron chi connectivity index (χ1n) is 7.18. The molecule has 1 aromatic carbocycles. The second-order valence-electron chi connectivity index (χ2n) is 4.87. The maximum atomic E-state index is 10.8. The van der Waals surface area contributed by atoms with Crippen LogP contribution in [0.25, 0.3) is 0 Å². The molecule has 0 saturated heterocycles. The second kappa shape index (κ2) is 8.02. The maximum Gasteiger partial charge on any atom is 0.219 e. The van der Waals surface area contributed by atoms with Crippen LogP contribution in [0.4, 0.5) is 0 Å². The van der Waals surface area contributed by atoms with Crippen LogP contribution < -0.4 is 14.8 Å². The Morgan fingerprint density at radius 1 is 1.14 bits per heavy atom. The number of aryl methyl sites for hydroxylation is 1. The minimum absolute atomic E-state index is 0.00994. The van der Waals surface area contributed by atoms with Crippen molar-refractivity contribution in [3.63, 3.8) is 0 Å². The monoisotopic (exact) mass is 300 g/mol. The average molecular weight is 300 g/mol. The molecule has 0 aliphatic carbocycles. The van der Waals surface area contributed by atoms with Crippen LogP contribution in [0.1, 0.15) is 18.9 Å². The predicted molar refractivity (Wildman–Crippen MR) is 84.3 cm³/mol. The van der Waals surface area contributed by atoms with Gasteiger partial charge in [-0.2, -0.15) is 0 Å². The zero-order valence-corrected chi connectivity index (χ0v) is 12.8. The minimum atomic E-state index is 0.00994.